The summed E-state index contributed by atoms with van der Waals surface area (Å²) in [5.41, 5.74) is 0. The first-order valence-corrected chi connectivity index (χ1v) is 10.5. The average molecular weight is 352 g/mol. The second kappa shape index (κ2) is 10.7. The molecule has 5 nitrogen and oxygen atoms in total. The lowest BCUT2D eigenvalue weighted by Crippen LogP contribution is -2.43. The number of hydrogen-bond acceptors (Lipinski definition) is 4. The summed E-state index contributed by atoms with van der Waals surface area (Å²) >= 11 is 5.49. The Kier molecular flexibility index (Phi) is 10.7. The molecule has 0 aliphatic carbocycles. The summed E-state index contributed by atoms with van der Waals surface area (Å²) in [5, 5.41) is 0. The molecule has 0 aromatic rings. The fraction of sp³-hybridized carbons (Fsp3) is 0.933. The van der Waals surface area contributed by atoms with Crippen LogP contribution in [0.4, 0.5) is 0 Å². The lowest BCUT2D eigenvalue weighted by atomic mass is 10.1. The first-order chi connectivity index (χ1) is 10.2. The highest BCUT2D eigenvalue weighted by atomic mass is 32.5. The number of amides is 1. The second-order valence-corrected chi connectivity index (χ2v) is 9.93. The third kappa shape index (κ3) is 7.51. The maximum Gasteiger partial charge on any atom is 0.263 e. The van der Waals surface area contributed by atoms with Gasteiger partial charge in [-0.3, -0.25) is 4.79 Å². The summed E-state index contributed by atoms with van der Waals surface area (Å²) in [6.45, 7) is 10.5. The number of rotatable bonds is 11. The van der Waals surface area contributed by atoms with Gasteiger partial charge < -0.3 is 13.9 Å². The minimum absolute atomic E-state index is 0.0965. The molecule has 1 amide bonds. The van der Waals surface area contributed by atoms with Crippen molar-refractivity contribution in [2.24, 2.45) is 11.8 Å². The zero-order valence-electron chi connectivity index (χ0n) is 15.2. The SMILES string of the molecule is CCCN(CC(=O)N(CC(C)C)CC(C)C)P(=S)(OC)OC. The summed E-state index contributed by atoms with van der Waals surface area (Å²) in [6, 6.07) is 0. The maximum absolute atomic E-state index is 12.7. The molecule has 0 unspecified atom stereocenters. The first kappa shape index (κ1) is 22.0. The van der Waals surface area contributed by atoms with Gasteiger partial charge in [-0.1, -0.05) is 34.6 Å². The maximum atomic E-state index is 12.7. The Hall–Kier alpha value is -0.0000000000000000694. The van der Waals surface area contributed by atoms with Crippen molar-refractivity contribution in [3.63, 3.8) is 0 Å². The predicted molar refractivity (Wildman–Crippen MR) is 96.4 cm³/mol. The standard InChI is InChI=1S/C15H33N2O3PS/c1-8-9-17(21(22,19-6)20-7)12-15(18)16(10-13(2)3)11-14(4)5/h13-14H,8-12H2,1-7H3. The van der Waals surface area contributed by atoms with Crippen molar-refractivity contribution in [1.82, 2.24) is 9.57 Å². The van der Waals surface area contributed by atoms with Crippen LogP contribution in [0.5, 0.6) is 0 Å². The summed E-state index contributed by atoms with van der Waals surface area (Å²) < 4.78 is 12.7. The molecular weight excluding hydrogens is 319 g/mol. The molecule has 7 heteroatoms. The van der Waals surface area contributed by atoms with Crippen LogP contribution < -0.4 is 0 Å². The van der Waals surface area contributed by atoms with Crippen LogP contribution in [0.2, 0.25) is 0 Å². The molecule has 0 N–H and O–H groups in total. The van der Waals surface area contributed by atoms with E-state index < -0.39 is 6.64 Å². The van der Waals surface area contributed by atoms with Crippen LogP contribution in [-0.2, 0) is 25.6 Å². The largest absolute Gasteiger partial charge is 0.341 e. The topological polar surface area (TPSA) is 42.0 Å². The van der Waals surface area contributed by atoms with Gasteiger partial charge in [0.25, 0.3) is 6.64 Å². The van der Waals surface area contributed by atoms with Crippen molar-refractivity contribution < 1.29 is 13.8 Å². The smallest absolute Gasteiger partial charge is 0.263 e. The van der Waals surface area contributed by atoms with Crippen molar-refractivity contribution in [2.75, 3.05) is 40.4 Å². The van der Waals surface area contributed by atoms with Gasteiger partial charge in [-0.15, -0.1) is 0 Å². The van der Waals surface area contributed by atoms with Crippen molar-refractivity contribution >= 4 is 24.4 Å². The van der Waals surface area contributed by atoms with Gasteiger partial charge in [0.15, 0.2) is 0 Å². The van der Waals surface area contributed by atoms with Gasteiger partial charge in [-0.2, -0.15) is 0 Å². The number of carbonyl (C=O) groups excluding carboxylic acids is 1. The fourth-order valence-electron chi connectivity index (χ4n) is 2.27. The molecule has 0 radical (unpaired) electrons. The van der Waals surface area contributed by atoms with Crippen molar-refractivity contribution in [3.8, 4) is 0 Å². The lowest BCUT2D eigenvalue weighted by Gasteiger charge is -2.34. The molecule has 0 spiro atoms. The first-order valence-electron chi connectivity index (χ1n) is 7.94. The molecule has 22 heavy (non-hydrogen) atoms. The number of hydrogen-bond donors (Lipinski definition) is 0. The summed E-state index contributed by atoms with van der Waals surface area (Å²) in [4.78, 5) is 14.7. The molecule has 0 aromatic heterocycles. The highest BCUT2D eigenvalue weighted by Crippen LogP contribution is 2.50. The Labute approximate surface area is 141 Å². The molecule has 0 heterocycles. The van der Waals surface area contributed by atoms with Crippen LogP contribution in [0, 0.1) is 11.8 Å². The van der Waals surface area contributed by atoms with E-state index in [2.05, 4.69) is 34.6 Å². The molecule has 0 aliphatic rings. The predicted octanol–water partition coefficient (Wildman–Crippen LogP) is 3.36. The van der Waals surface area contributed by atoms with E-state index in [4.69, 9.17) is 20.9 Å². The second-order valence-electron chi connectivity index (χ2n) is 6.31. The molecule has 0 aromatic carbocycles. The number of nitrogens with zero attached hydrogens (tertiary/aromatic N) is 2. The molecule has 0 rings (SSSR count). The van der Waals surface area contributed by atoms with E-state index in [1.807, 2.05) is 9.57 Å². The quantitative estimate of drug-likeness (QED) is 0.534. The third-order valence-corrected chi connectivity index (χ3v) is 6.68. The van der Waals surface area contributed by atoms with Crippen molar-refractivity contribution in [3.05, 3.63) is 0 Å². The van der Waals surface area contributed by atoms with Gasteiger partial charge in [0.05, 0.1) is 6.54 Å². The molecule has 0 saturated carbocycles. The van der Waals surface area contributed by atoms with E-state index in [0.717, 1.165) is 19.5 Å². The van der Waals surface area contributed by atoms with Crippen LogP contribution in [0.3, 0.4) is 0 Å². The zero-order chi connectivity index (χ0) is 17.3. The third-order valence-electron chi connectivity index (χ3n) is 3.13. The van der Waals surface area contributed by atoms with Gasteiger partial charge in [0.1, 0.15) is 0 Å². The van der Waals surface area contributed by atoms with Gasteiger partial charge in [-0.05, 0) is 30.1 Å². The normalized spacial score (nSPS) is 12.5. The highest BCUT2D eigenvalue weighted by molar-refractivity contribution is 8.08. The summed E-state index contributed by atoms with van der Waals surface area (Å²) in [5.74, 6) is 0.977. The molecule has 0 atom stereocenters. The van der Waals surface area contributed by atoms with Gasteiger partial charge in [0, 0.05) is 33.9 Å². The van der Waals surface area contributed by atoms with Gasteiger partial charge in [-0.25, -0.2) is 4.67 Å². The average Bonchev–Trinajstić information content (AvgIpc) is 2.44. The van der Waals surface area contributed by atoms with Crippen LogP contribution in [0.25, 0.3) is 0 Å². The van der Waals surface area contributed by atoms with E-state index in [-0.39, 0.29) is 12.5 Å². The molecule has 0 aliphatic heterocycles. The van der Waals surface area contributed by atoms with E-state index in [9.17, 15) is 4.79 Å². The Morgan fingerprint density at radius 3 is 1.86 bits per heavy atom. The fourth-order valence-corrected chi connectivity index (χ4v) is 4.04. The van der Waals surface area contributed by atoms with Gasteiger partial charge in [0.2, 0.25) is 5.91 Å². The monoisotopic (exact) mass is 352 g/mol. The summed E-state index contributed by atoms with van der Waals surface area (Å²) in [6.07, 6.45) is 0.896. The Bertz CT molecular complexity index is 360. The molecule has 0 bridgehead atoms. The Morgan fingerprint density at radius 1 is 1.09 bits per heavy atom. The Morgan fingerprint density at radius 2 is 1.55 bits per heavy atom. The van der Waals surface area contributed by atoms with Crippen LogP contribution in [0.1, 0.15) is 41.0 Å². The summed E-state index contributed by atoms with van der Waals surface area (Å²) in [7, 11) is 3.11. The molecule has 0 saturated heterocycles. The van der Waals surface area contributed by atoms with Crippen molar-refractivity contribution in [1.29, 1.82) is 0 Å². The van der Waals surface area contributed by atoms with Crippen LogP contribution in [-0.4, -0.2) is 55.9 Å². The lowest BCUT2D eigenvalue weighted by molar-refractivity contribution is -0.132. The highest BCUT2D eigenvalue weighted by Gasteiger charge is 2.29. The van der Waals surface area contributed by atoms with Crippen molar-refractivity contribution in [2.45, 2.75) is 41.0 Å². The number of carbonyl (C=O) groups is 1. The van der Waals surface area contributed by atoms with E-state index in [0.29, 0.717) is 18.4 Å². The Balaban J connectivity index is 5.07. The van der Waals surface area contributed by atoms with Gasteiger partial charge >= 0.3 is 0 Å². The minimum atomic E-state index is -2.55. The molecule has 0 fully saturated rings. The van der Waals surface area contributed by atoms with Crippen LogP contribution in [0.15, 0.2) is 0 Å². The molecular formula is C15H33N2O3PS. The van der Waals surface area contributed by atoms with E-state index in [1.54, 1.807) is 14.2 Å². The van der Waals surface area contributed by atoms with E-state index in [1.165, 1.54) is 0 Å². The van der Waals surface area contributed by atoms with Crippen LogP contribution >= 0.6 is 6.64 Å². The van der Waals surface area contributed by atoms with E-state index >= 15 is 0 Å². The zero-order valence-corrected chi connectivity index (χ0v) is 16.9. The minimum Gasteiger partial charge on any atom is -0.341 e. The molecule has 132 valence electrons.